The zero-order valence-corrected chi connectivity index (χ0v) is 26.6. The minimum Gasteiger partial charge on any atom is -0.321 e. The van der Waals surface area contributed by atoms with Crippen LogP contribution in [0.3, 0.4) is 0 Å². The molecule has 224 valence electrons. The first-order valence-corrected chi connectivity index (χ1v) is 16.1. The van der Waals surface area contributed by atoms with Crippen LogP contribution in [0.1, 0.15) is 39.8 Å². The molecule has 0 radical (unpaired) electrons. The van der Waals surface area contributed by atoms with Crippen molar-refractivity contribution < 1.29 is 0 Å². The molecule has 46 heavy (non-hydrogen) atoms. The average molecular weight is 597 g/mol. The van der Waals surface area contributed by atoms with Crippen molar-refractivity contribution in [2.45, 2.75) is 39.8 Å². The lowest BCUT2D eigenvalue weighted by Crippen LogP contribution is -2.02. The topological polar surface area (TPSA) is 35.6 Å². The Kier molecular flexibility index (Phi) is 6.79. The minimum atomic E-state index is 0.316. The van der Waals surface area contributed by atoms with Gasteiger partial charge in [0.05, 0.1) is 22.1 Å². The molecular weight excluding hydrogens is 560 g/mol. The summed E-state index contributed by atoms with van der Waals surface area (Å²) in [5, 5.41) is 2.46. The fourth-order valence-electron chi connectivity index (χ4n) is 6.77. The van der Waals surface area contributed by atoms with E-state index < -0.39 is 0 Å². The van der Waals surface area contributed by atoms with Crippen LogP contribution in [0.25, 0.3) is 77.9 Å². The monoisotopic (exact) mass is 596 g/mol. The molecule has 0 aliphatic heterocycles. The van der Waals surface area contributed by atoms with Crippen LogP contribution >= 0.6 is 0 Å². The van der Waals surface area contributed by atoms with E-state index in [1.165, 1.54) is 44.1 Å². The number of benzene rings is 6. The summed E-state index contributed by atoms with van der Waals surface area (Å²) in [5.74, 6) is 2.02. The lowest BCUT2D eigenvalue weighted by Gasteiger charge is -2.14. The maximum absolute atomic E-state index is 4.99. The molecule has 0 saturated heterocycles. The Balaban J connectivity index is 1.10. The van der Waals surface area contributed by atoms with E-state index in [9.17, 15) is 0 Å². The van der Waals surface area contributed by atoms with Gasteiger partial charge in [0.15, 0.2) is 0 Å². The molecule has 0 amide bonds. The average Bonchev–Trinajstić information content (AvgIpc) is 3.68. The van der Waals surface area contributed by atoms with Crippen LogP contribution in [0.15, 0.2) is 133 Å². The third-order valence-electron chi connectivity index (χ3n) is 9.02. The van der Waals surface area contributed by atoms with Gasteiger partial charge in [0.1, 0.15) is 11.6 Å². The second kappa shape index (κ2) is 11.1. The zero-order chi connectivity index (χ0) is 31.4. The van der Waals surface area contributed by atoms with E-state index >= 15 is 0 Å². The Hall–Kier alpha value is -5.48. The van der Waals surface area contributed by atoms with E-state index in [-0.39, 0.29) is 0 Å². The molecule has 8 rings (SSSR count). The lowest BCUT2D eigenvalue weighted by molar-refractivity contribution is 0.624. The van der Waals surface area contributed by atoms with E-state index in [1.54, 1.807) is 0 Å². The fourth-order valence-corrected chi connectivity index (χ4v) is 6.77. The second-order valence-corrected chi connectivity index (χ2v) is 12.7. The Labute approximate surface area is 269 Å². The van der Waals surface area contributed by atoms with Crippen LogP contribution in [0.2, 0.25) is 0 Å². The molecule has 0 N–H and O–H groups in total. The van der Waals surface area contributed by atoms with Gasteiger partial charge in [-0.15, -0.1) is 0 Å². The number of hydrogen-bond acceptors (Lipinski definition) is 2. The molecule has 4 heteroatoms. The van der Waals surface area contributed by atoms with Gasteiger partial charge in [0, 0.05) is 23.2 Å². The van der Waals surface area contributed by atoms with Crippen molar-refractivity contribution >= 4 is 32.8 Å². The number of hydrogen-bond donors (Lipinski definition) is 0. The number of nitrogens with zero attached hydrogens (tertiary/aromatic N) is 4. The lowest BCUT2D eigenvalue weighted by atomic mass is 9.96. The van der Waals surface area contributed by atoms with E-state index in [0.29, 0.717) is 12.1 Å². The summed E-state index contributed by atoms with van der Waals surface area (Å²) in [6.45, 7) is 8.86. The molecule has 4 nitrogen and oxygen atoms in total. The van der Waals surface area contributed by atoms with Crippen molar-refractivity contribution in [1.29, 1.82) is 0 Å². The second-order valence-electron chi connectivity index (χ2n) is 12.7. The van der Waals surface area contributed by atoms with Crippen molar-refractivity contribution in [2.75, 3.05) is 0 Å². The third-order valence-corrected chi connectivity index (χ3v) is 9.02. The Morgan fingerprint density at radius 2 is 0.761 bits per heavy atom. The fraction of sp³-hybridized carbons (Fsp3) is 0.143. The molecule has 0 unspecified atom stereocenters. The van der Waals surface area contributed by atoms with Crippen molar-refractivity contribution in [3.8, 4) is 45.0 Å². The molecule has 0 atom stereocenters. The summed E-state index contributed by atoms with van der Waals surface area (Å²) in [7, 11) is 0. The van der Waals surface area contributed by atoms with Crippen LogP contribution in [0, 0.1) is 0 Å². The molecule has 0 aliphatic carbocycles. The number of imidazole rings is 2. The third kappa shape index (κ3) is 4.78. The summed E-state index contributed by atoms with van der Waals surface area (Å²) in [6, 6.07) is 48.5. The van der Waals surface area contributed by atoms with Gasteiger partial charge in [0.2, 0.25) is 0 Å². The molecule has 6 aromatic carbocycles. The van der Waals surface area contributed by atoms with Gasteiger partial charge in [-0.3, -0.25) is 0 Å². The van der Waals surface area contributed by atoms with E-state index in [0.717, 1.165) is 33.8 Å². The van der Waals surface area contributed by atoms with E-state index in [2.05, 4.69) is 170 Å². The highest BCUT2D eigenvalue weighted by molar-refractivity contribution is 5.91. The Bertz CT molecular complexity index is 2190. The highest BCUT2D eigenvalue weighted by Gasteiger charge is 2.16. The summed E-state index contributed by atoms with van der Waals surface area (Å²) in [5.41, 5.74) is 11.5. The van der Waals surface area contributed by atoms with Gasteiger partial charge in [-0.25, -0.2) is 9.97 Å². The highest BCUT2D eigenvalue weighted by Crippen LogP contribution is 2.34. The predicted octanol–water partition coefficient (Wildman–Crippen LogP) is 11.4. The molecule has 8 aromatic rings. The molecule has 2 heterocycles. The standard InChI is InChI=1S/C42H36N4/c1-27(2)45-39-11-7-5-9-37(39)43-41(45)32-19-13-29(14-20-32)34-23-17-31-18-24-35(26-36(31)25-34)30-15-21-33(22-16-30)42-44-38-10-6-8-12-40(38)46(42)28(3)4/h5-28H,1-4H3. The van der Waals surface area contributed by atoms with Gasteiger partial charge >= 0.3 is 0 Å². The summed E-state index contributed by atoms with van der Waals surface area (Å²) < 4.78 is 4.66. The van der Waals surface area contributed by atoms with Crippen LogP contribution in [0.5, 0.6) is 0 Å². The van der Waals surface area contributed by atoms with Gasteiger partial charge in [0.25, 0.3) is 0 Å². The smallest absolute Gasteiger partial charge is 0.141 e. The van der Waals surface area contributed by atoms with E-state index in [4.69, 9.17) is 9.97 Å². The summed E-state index contributed by atoms with van der Waals surface area (Å²) in [6.07, 6.45) is 0. The highest BCUT2D eigenvalue weighted by atomic mass is 15.1. The molecule has 2 aromatic heterocycles. The molecule has 0 spiro atoms. The Morgan fingerprint density at radius 3 is 1.17 bits per heavy atom. The van der Waals surface area contributed by atoms with Crippen LogP contribution in [-0.2, 0) is 0 Å². The molecular formula is C42H36N4. The van der Waals surface area contributed by atoms with Crippen LogP contribution < -0.4 is 0 Å². The largest absolute Gasteiger partial charge is 0.321 e. The zero-order valence-electron chi connectivity index (χ0n) is 26.6. The van der Waals surface area contributed by atoms with Crippen molar-refractivity contribution in [1.82, 2.24) is 19.1 Å². The first kappa shape index (κ1) is 28.0. The quantitative estimate of drug-likeness (QED) is 0.191. The first-order chi connectivity index (χ1) is 22.4. The molecule has 0 saturated carbocycles. The number of rotatable bonds is 6. The number of aromatic nitrogens is 4. The van der Waals surface area contributed by atoms with Crippen molar-refractivity contribution in [2.24, 2.45) is 0 Å². The van der Waals surface area contributed by atoms with Gasteiger partial charge in [-0.05, 0) is 97.1 Å². The summed E-state index contributed by atoms with van der Waals surface area (Å²) in [4.78, 5) is 9.98. The number of para-hydroxylation sites is 4. The predicted molar refractivity (Wildman–Crippen MR) is 193 cm³/mol. The SMILES string of the molecule is CC(C)n1c(-c2ccc(-c3ccc4ccc(-c5ccc(-c6nc7ccccc7n6C(C)C)cc5)cc4c3)cc2)nc2ccccc21. The molecule has 0 aliphatic rings. The van der Waals surface area contributed by atoms with Crippen molar-refractivity contribution in [3.05, 3.63) is 133 Å². The van der Waals surface area contributed by atoms with Gasteiger partial charge < -0.3 is 9.13 Å². The van der Waals surface area contributed by atoms with Gasteiger partial charge in [-0.2, -0.15) is 0 Å². The normalized spacial score (nSPS) is 11.9. The van der Waals surface area contributed by atoms with Crippen LogP contribution in [-0.4, -0.2) is 19.1 Å². The maximum Gasteiger partial charge on any atom is 0.141 e. The first-order valence-electron chi connectivity index (χ1n) is 16.1. The van der Waals surface area contributed by atoms with Crippen LogP contribution in [0.4, 0.5) is 0 Å². The Morgan fingerprint density at radius 1 is 0.391 bits per heavy atom. The van der Waals surface area contributed by atoms with Gasteiger partial charge in [-0.1, -0.05) is 97.1 Å². The van der Waals surface area contributed by atoms with Crippen molar-refractivity contribution in [3.63, 3.8) is 0 Å². The van der Waals surface area contributed by atoms with E-state index in [1.807, 2.05) is 0 Å². The molecule has 0 bridgehead atoms. The summed E-state index contributed by atoms with van der Waals surface area (Å²) >= 11 is 0. The minimum absolute atomic E-state index is 0.316. The molecule has 0 fully saturated rings. The number of fused-ring (bicyclic) bond motifs is 3. The maximum atomic E-state index is 4.99.